The van der Waals surface area contributed by atoms with Crippen LogP contribution in [0.5, 0.6) is 0 Å². The van der Waals surface area contributed by atoms with Crippen LogP contribution in [0.3, 0.4) is 0 Å². The molecule has 0 aromatic rings. The van der Waals surface area contributed by atoms with Crippen molar-refractivity contribution >= 4 is 11.9 Å². The van der Waals surface area contributed by atoms with E-state index in [4.69, 9.17) is 9.47 Å². The number of carbonyl (C=O) groups excluding carboxylic acids is 2. The van der Waals surface area contributed by atoms with E-state index in [2.05, 4.69) is 98.9 Å². The zero-order chi connectivity index (χ0) is 54.8. The molecule has 5 nitrogen and oxygen atoms in total. The molecule has 0 radical (unpaired) electrons. The number of aliphatic hydroxyl groups is 1. The first-order chi connectivity index (χ1) is 37.6. The number of esters is 2. The van der Waals surface area contributed by atoms with Gasteiger partial charge >= 0.3 is 11.9 Å². The second kappa shape index (κ2) is 66.4. The van der Waals surface area contributed by atoms with Crippen LogP contribution in [-0.2, 0) is 19.1 Å². The molecule has 0 aromatic heterocycles. The van der Waals surface area contributed by atoms with Crippen molar-refractivity contribution in [2.45, 2.75) is 341 Å². The summed E-state index contributed by atoms with van der Waals surface area (Å²) in [5.74, 6) is -0.580. The summed E-state index contributed by atoms with van der Waals surface area (Å²) in [5, 5.41) is 9.69. The molecule has 5 heteroatoms. The summed E-state index contributed by atoms with van der Waals surface area (Å²) < 4.78 is 10.7. The molecular weight excluding hydrogens is 933 g/mol. The van der Waals surface area contributed by atoms with Crippen molar-refractivity contribution in [1.29, 1.82) is 0 Å². The van der Waals surface area contributed by atoms with Crippen LogP contribution >= 0.6 is 0 Å². The van der Waals surface area contributed by atoms with Crippen LogP contribution in [0.1, 0.15) is 335 Å². The van der Waals surface area contributed by atoms with E-state index in [0.717, 1.165) is 77.0 Å². The fourth-order valence-electron chi connectivity index (χ4n) is 9.73. The Balaban J connectivity index is 3.43. The molecule has 1 atom stereocenters. The smallest absolute Gasteiger partial charge is 0.306 e. The Kier molecular flexibility index (Phi) is 63.8. The molecule has 0 fully saturated rings. The van der Waals surface area contributed by atoms with Crippen LogP contribution < -0.4 is 0 Å². The predicted octanol–water partition coefficient (Wildman–Crippen LogP) is 22.9. The first-order valence-corrected chi connectivity index (χ1v) is 33.1. The monoisotopic (exact) mass is 1060 g/mol. The lowest BCUT2D eigenvalue weighted by molar-refractivity contribution is -0.161. The largest absolute Gasteiger partial charge is 0.462 e. The van der Waals surface area contributed by atoms with Crippen LogP contribution in [0, 0.1) is 0 Å². The number of allylic oxidation sites excluding steroid dienone is 14. The third-order valence-corrected chi connectivity index (χ3v) is 14.7. The molecule has 0 heterocycles. The molecule has 0 aliphatic carbocycles. The van der Waals surface area contributed by atoms with E-state index in [1.807, 2.05) is 0 Å². The maximum atomic E-state index is 12.3. The standard InChI is InChI=1S/C71H126O5/c1-3-5-7-9-11-13-15-17-19-21-23-25-27-29-30-31-32-33-34-35-36-37-38-39-40-42-43-45-47-49-51-53-55-57-59-61-63-65-70(73)75-68-69(67-72)76-71(74)66-64-62-60-58-56-54-52-50-48-46-44-41-28-26-24-22-20-18-16-14-12-10-8-6-4-2/h6,8,12,14-15,17-18,20-21,23-24,26-27,29,69,72H,3-5,7,9-11,13,16,19,22,25,28,30-68H2,1-2H3/b8-6-,14-12-,17-15-,20-18-,23-21-,26-24-,29-27-. The Morgan fingerprint density at radius 3 is 0.855 bits per heavy atom. The average Bonchev–Trinajstić information content (AvgIpc) is 3.42. The summed E-state index contributed by atoms with van der Waals surface area (Å²) in [6, 6.07) is 0. The van der Waals surface area contributed by atoms with Crippen molar-refractivity contribution in [2.24, 2.45) is 0 Å². The van der Waals surface area contributed by atoms with Gasteiger partial charge in [0.2, 0.25) is 0 Å². The second-order valence-corrected chi connectivity index (χ2v) is 22.2. The van der Waals surface area contributed by atoms with Gasteiger partial charge in [0.05, 0.1) is 6.61 Å². The normalized spacial score (nSPS) is 12.7. The van der Waals surface area contributed by atoms with E-state index in [1.165, 1.54) is 231 Å². The molecular formula is C71H126O5. The van der Waals surface area contributed by atoms with E-state index in [1.54, 1.807) is 0 Å². The number of carbonyl (C=O) groups is 2. The van der Waals surface area contributed by atoms with Crippen molar-refractivity contribution in [3.63, 3.8) is 0 Å². The van der Waals surface area contributed by atoms with Crippen LogP contribution in [-0.4, -0.2) is 36.4 Å². The van der Waals surface area contributed by atoms with Crippen LogP contribution in [0.25, 0.3) is 0 Å². The van der Waals surface area contributed by atoms with E-state index in [9.17, 15) is 14.7 Å². The van der Waals surface area contributed by atoms with Gasteiger partial charge in [0.25, 0.3) is 0 Å². The number of rotatable bonds is 61. The van der Waals surface area contributed by atoms with E-state index >= 15 is 0 Å². The van der Waals surface area contributed by atoms with Gasteiger partial charge in [-0.3, -0.25) is 9.59 Å². The second-order valence-electron chi connectivity index (χ2n) is 22.2. The van der Waals surface area contributed by atoms with Gasteiger partial charge in [0.1, 0.15) is 6.61 Å². The maximum absolute atomic E-state index is 12.3. The average molecular weight is 1060 g/mol. The number of unbranched alkanes of at least 4 members (excludes halogenated alkanes) is 39. The molecule has 1 N–H and O–H groups in total. The summed E-state index contributed by atoms with van der Waals surface area (Å²) in [6.07, 6.45) is 93.2. The van der Waals surface area contributed by atoms with E-state index in [-0.39, 0.29) is 25.2 Å². The SMILES string of the molecule is CC/C=C\C/C=C\C/C=C\C/C=C\CCCCCCCCCCCCCCC(=O)OC(CO)COC(=O)CCCCCCCCCCCCCCCCCCCCCCCC/C=C\C/C=C\C/C=C\CCCCCCC. The minimum absolute atomic E-state index is 0.0658. The highest BCUT2D eigenvalue weighted by Crippen LogP contribution is 2.18. The molecule has 0 amide bonds. The predicted molar refractivity (Wildman–Crippen MR) is 334 cm³/mol. The van der Waals surface area contributed by atoms with Crippen molar-refractivity contribution in [3.8, 4) is 0 Å². The minimum Gasteiger partial charge on any atom is -0.462 e. The Labute approximate surface area is 473 Å². The van der Waals surface area contributed by atoms with Gasteiger partial charge in [-0.25, -0.2) is 0 Å². The zero-order valence-corrected chi connectivity index (χ0v) is 50.5. The lowest BCUT2D eigenvalue weighted by Crippen LogP contribution is -2.28. The molecule has 0 bridgehead atoms. The molecule has 0 saturated heterocycles. The highest BCUT2D eigenvalue weighted by atomic mass is 16.6. The highest BCUT2D eigenvalue weighted by molar-refractivity contribution is 5.70. The molecule has 1 unspecified atom stereocenters. The number of aliphatic hydroxyl groups excluding tert-OH is 1. The molecule has 76 heavy (non-hydrogen) atoms. The van der Waals surface area contributed by atoms with Crippen LogP contribution in [0.4, 0.5) is 0 Å². The van der Waals surface area contributed by atoms with Gasteiger partial charge < -0.3 is 14.6 Å². The van der Waals surface area contributed by atoms with Gasteiger partial charge in [0.15, 0.2) is 6.10 Å². The van der Waals surface area contributed by atoms with E-state index in [0.29, 0.717) is 12.8 Å². The van der Waals surface area contributed by atoms with Crippen molar-refractivity contribution in [1.82, 2.24) is 0 Å². The summed E-state index contributed by atoms with van der Waals surface area (Å²) in [5.41, 5.74) is 0. The quantitative estimate of drug-likeness (QED) is 0.0373. The van der Waals surface area contributed by atoms with E-state index < -0.39 is 6.10 Å². The topological polar surface area (TPSA) is 72.8 Å². The van der Waals surface area contributed by atoms with Crippen molar-refractivity contribution in [2.75, 3.05) is 13.2 Å². The van der Waals surface area contributed by atoms with Crippen molar-refractivity contribution in [3.05, 3.63) is 85.1 Å². The Morgan fingerprint density at radius 1 is 0.316 bits per heavy atom. The lowest BCUT2D eigenvalue weighted by Gasteiger charge is -2.15. The van der Waals surface area contributed by atoms with Gasteiger partial charge in [0, 0.05) is 12.8 Å². The highest BCUT2D eigenvalue weighted by Gasteiger charge is 2.16. The molecule has 0 aromatic carbocycles. The first-order valence-electron chi connectivity index (χ1n) is 33.1. The summed E-state index contributed by atoms with van der Waals surface area (Å²) >= 11 is 0. The Bertz CT molecular complexity index is 1380. The van der Waals surface area contributed by atoms with Crippen LogP contribution in [0.15, 0.2) is 85.1 Å². The molecule has 0 rings (SSSR count). The summed E-state index contributed by atoms with van der Waals surface area (Å²) in [7, 11) is 0. The third kappa shape index (κ3) is 63.6. The fraction of sp³-hybridized carbons (Fsp3) is 0.775. The first kappa shape index (κ1) is 73.1. The number of hydrogen-bond donors (Lipinski definition) is 1. The summed E-state index contributed by atoms with van der Waals surface area (Å²) in [6.45, 7) is 4.05. The zero-order valence-electron chi connectivity index (χ0n) is 50.5. The molecule has 440 valence electrons. The molecule has 0 aliphatic rings. The molecule has 0 spiro atoms. The molecule has 0 aliphatic heterocycles. The number of ether oxygens (including phenoxy) is 2. The number of hydrogen-bond acceptors (Lipinski definition) is 5. The van der Waals surface area contributed by atoms with Gasteiger partial charge in [-0.2, -0.15) is 0 Å². The maximum Gasteiger partial charge on any atom is 0.306 e. The van der Waals surface area contributed by atoms with Crippen molar-refractivity contribution < 1.29 is 24.2 Å². The van der Waals surface area contributed by atoms with Gasteiger partial charge in [-0.1, -0.05) is 317 Å². The minimum atomic E-state index is -0.776. The van der Waals surface area contributed by atoms with Crippen LogP contribution in [0.2, 0.25) is 0 Å². The summed E-state index contributed by atoms with van der Waals surface area (Å²) in [4.78, 5) is 24.6. The van der Waals surface area contributed by atoms with Gasteiger partial charge in [-0.15, -0.1) is 0 Å². The Morgan fingerprint density at radius 2 is 0.566 bits per heavy atom. The molecule has 0 saturated carbocycles. The fourth-order valence-corrected chi connectivity index (χ4v) is 9.73. The lowest BCUT2D eigenvalue weighted by atomic mass is 10.0. The van der Waals surface area contributed by atoms with Gasteiger partial charge in [-0.05, 0) is 89.9 Å². The third-order valence-electron chi connectivity index (χ3n) is 14.7. The Hall–Kier alpha value is -2.92.